The molecule has 2 heterocycles. The number of nitrogens with one attached hydrogen (secondary N) is 1. The van der Waals surface area contributed by atoms with Crippen LogP contribution in [0.4, 0.5) is 0 Å². The normalized spacial score (nSPS) is 33.1. The van der Waals surface area contributed by atoms with Gasteiger partial charge in [0.25, 0.3) is 0 Å². The molecule has 0 amide bonds. The molecule has 2 unspecified atom stereocenters. The molecule has 0 aliphatic carbocycles. The topological polar surface area (TPSA) is 52.6 Å². The number of nitrogens with zero attached hydrogens (tertiary/aromatic N) is 2. The van der Waals surface area contributed by atoms with Crippen molar-refractivity contribution < 1.29 is 8.42 Å². The molecule has 2 fully saturated rings. The first-order valence-electron chi connectivity index (χ1n) is 6.35. The second kappa shape index (κ2) is 5.22. The summed E-state index contributed by atoms with van der Waals surface area (Å²) in [6.45, 7) is 8.65. The molecule has 2 atom stereocenters. The average molecular weight is 261 g/mol. The van der Waals surface area contributed by atoms with Gasteiger partial charge in [-0.25, -0.2) is 8.42 Å². The Morgan fingerprint density at radius 3 is 2.29 bits per heavy atom. The molecule has 0 aromatic rings. The van der Waals surface area contributed by atoms with Crippen LogP contribution in [0.15, 0.2) is 0 Å². The van der Waals surface area contributed by atoms with Crippen LogP contribution in [0.1, 0.15) is 6.92 Å². The zero-order valence-corrected chi connectivity index (χ0v) is 11.5. The molecule has 100 valence electrons. The second-order valence-corrected chi connectivity index (χ2v) is 7.34. The van der Waals surface area contributed by atoms with Gasteiger partial charge in [-0.1, -0.05) is 6.92 Å². The SMILES string of the molecule is CC1CNCC1CN1CCN(S(C)(=O)=O)CC1. The summed E-state index contributed by atoms with van der Waals surface area (Å²) >= 11 is 0. The van der Waals surface area contributed by atoms with E-state index >= 15 is 0 Å². The Bertz CT molecular complexity index is 350. The van der Waals surface area contributed by atoms with E-state index in [1.807, 2.05) is 0 Å². The lowest BCUT2D eigenvalue weighted by Gasteiger charge is -2.35. The third kappa shape index (κ3) is 3.40. The van der Waals surface area contributed by atoms with Crippen molar-refractivity contribution >= 4 is 10.0 Å². The zero-order valence-electron chi connectivity index (χ0n) is 10.7. The van der Waals surface area contributed by atoms with Crippen LogP contribution in [0, 0.1) is 11.8 Å². The van der Waals surface area contributed by atoms with E-state index in [0.29, 0.717) is 13.1 Å². The maximum absolute atomic E-state index is 11.4. The van der Waals surface area contributed by atoms with E-state index < -0.39 is 10.0 Å². The van der Waals surface area contributed by atoms with Crippen molar-refractivity contribution in [3.63, 3.8) is 0 Å². The number of hydrogen-bond acceptors (Lipinski definition) is 4. The average Bonchev–Trinajstić information content (AvgIpc) is 2.64. The fourth-order valence-corrected chi connectivity index (χ4v) is 3.51. The molecule has 0 aromatic carbocycles. The first kappa shape index (κ1) is 13.3. The van der Waals surface area contributed by atoms with Crippen LogP contribution < -0.4 is 5.32 Å². The monoisotopic (exact) mass is 261 g/mol. The predicted molar refractivity (Wildman–Crippen MR) is 68.4 cm³/mol. The first-order valence-corrected chi connectivity index (χ1v) is 8.20. The van der Waals surface area contributed by atoms with Gasteiger partial charge in [0.1, 0.15) is 0 Å². The molecular weight excluding hydrogens is 238 g/mol. The third-order valence-electron chi connectivity index (χ3n) is 3.97. The van der Waals surface area contributed by atoms with Gasteiger partial charge in [0.2, 0.25) is 10.0 Å². The highest BCUT2D eigenvalue weighted by molar-refractivity contribution is 7.88. The summed E-state index contributed by atoms with van der Waals surface area (Å²) in [5.41, 5.74) is 0. The quantitative estimate of drug-likeness (QED) is 0.738. The van der Waals surface area contributed by atoms with Crippen LogP contribution in [0.3, 0.4) is 0 Å². The van der Waals surface area contributed by atoms with Crippen molar-refractivity contribution in [3.05, 3.63) is 0 Å². The van der Waals surface area contributed by atoms with Gasteiger partial charge < -0.3 is 10.2 Å². The van der Waals surface area contributed by atoms with Crippen LogP contribution in [0.5, 0.6) is 0 Å². The van der Waals surface area contributed by atoms with Crippen LogP contribution >= 0.6 is 0 Å². The third-order valence-corrected chi connectivity index (χ3v) is 5.27. The summed E-state index contributed by atoms with van der Waals surface area (Å²) < 4.78 is 24.4. The van der Waals surface area contributed by atoms with E-state index in [1.165, 1.54) is 6.26 Å². The maximum atomic E-state index is 11.4. The molecule has 0 spiro atoms. The molecule has 2 saturated heterocycles. The lowest BCUT2D eigenvalue weighted by atomic mass is 9.97. The first-order chi connectivity index (χ1) is 7.97. The van der Waals surface area contributed by atoms with Gasteiger partial charge in [-0.2, -0.15) is 4.31 Å². The largest absolute Gasteiger partial charge is 0.316 e. The molecule has 2 aliphatic rings. The standard InChI is InChI=1S/C11H23N3O2S/c1-10-7-12-8-11(10)9-13-3-5-14(6-4-13)17(2,15)16/h10-12H,3-9H2,1-2H3. The molecule has 0 radical (unpaired) electrons. The Morgan fingerprint density at radius 1 is 1.18 bits per heavy atom. The minimum atomic E-state index is -2.99. The maximum Gasteiger partial charge on any atom is 0.211 e. The van der Waals surface area contributed by atoms with Crippen LogP contribution in [0.25, 0.3) is 0 Å². The van der Waals surface area contributed by atoms with E-state index in [4.69, 9.17) is 0 Å². The fourth-order valence-electron chi connectivity index (χ4n) is 2.68. The minimum absolute atomic E-state index is 0.646. The molecule has 0 saturated carbocycles. The number of piperazine rings is 1. The van der Waals surface area contributed by atoms with E-state index in [0.717, 1.165) is 44.6 Å². The number of rotatable bonds is 3. The molecule has 2 aliphatic heterocycles. The van der Waals surface area contributed by atoms with Crippen molar-refractivity contribution in [2.24, 2.45) is 11.8 Å². The highest BCUT2D eigenvalue weighted by Gasteiger charge is 2.28. The second-order valence-electron chi connectivity index (χ2n) is 5.36. The molecule has 1 N–H and O–H groups in total. The smallest absolute Gasteiger partial charge is 0.211 e. The molecule has 17 heavy (non-hydrogen) atoms. The van der Waals surface area contributed by atoms with Crippen LogP contribution in [0.2, 0.25) is 0 Å². The van der Waals surface area contributed by atoms with Crippen molar-refractivity contribution in [2.45, 2.75) is 6.92 Å². The molecular formula is C11H23N3O2S. The van der Waals surface area contributed by atoms with Gasteiger partial charge in [0.15, 0.2) is 0 Å². The van der Waals surface area contributed by atoms with Gasteiger partial charge in [0, 0.05) is 32.7 Å². The highest BCUT2D eigenvalue weighted by Crippen LogP contribution is 2.18. The van der Waals surface area contributed by atoms with Crippen LogP contribution in [-0.2, 0) is 10.0 Å². The van der Waals surface area contributed by atoms with E-state index in [2.05, 4.69) is 17.1 Å². The van der Waals surface area contributed by atoms with Crippen molar-refractivity contribution in [2.75, 3.05) is 52.1 Å². The van der Waals surface area contributed by atoms with Crippen LogP contribution in [-0.4, -0.2) is 69.7 Å². The van der Waals surface area contributed by atoms with Gasteiger partial charge in [-0.15, -0.1) is 0 Å². The molecule has 0 aromatic heterocycles. The van der Waals surface area contributed by atoms with Crippen molar-refractivity contribution in [3.8, 4) is 0 Å². The summed E-state index contributed by atoms with van der Waals surface area (Å²) in [7, 11) is -2.99. The minimum Gasteiger partial charge on any atom is -0.316 e. The Hall–Kier alpha value is -0.170. The molecule has 0 bridgehead atoms. The van der Waals surface area contributed by atoms with Gasteiger partial charge in [0.05, 0.1) is 6.26 Å². The zero-order chi connectivity index (χ0) is 12.5. The Balaban J connectivity index is 1.79. The Labute approximate surface area is 104 Å². The summed E-state index contributed by atoms with van der Waals surface area (Å²) in [5.74, 6) is 1.46. The van der Waals surface area contributed by atoms with Gasteiger partial charge in [-0.3, -0.25) is 0 Å². The lowest BCUT2D eigenvalue weighted by molar-refractivity contribution is 0.159. The molecule has 2 rings (SSSR count). The van der Waals surface area contributed by atoms with E-state index in [1.54, 1.807) is 4.31 Å². The van der Waals surface area contributed by atoms with E-state index in [-0.39, 0.29) is 0 Å². The molecule has 6 heteroatoms. The van der Waals surface area contributed by atoms with Gasteiger partial charge >= 0.3 is 0 Å². The van der Waals surface area contributed by atoms with Crippen molar-refractivity contribution in [1.82, 2.24) is 14.5 Å². The van der Waals surface area contributed by atoms with Crippen molar-refractivity contribution in [1.29, 1.82) is 0 Å². The summed E-state index contributed by atoms with van der Waals surface area (Å²) in [6.07, 6.45) is 1.30. The van der Waals surface area contributed by atoms with E-state index in [9.17, 15) is 8.42 Å². The summed E-state index contributed by atoms with van der Waals surface area (Å²) in [5, 5.41) is 3.41. The summed E-state index contributed by atoms with van der Waals surface area (Å²) in [4.78, 5) is 2.40. The Kier molecular flexibility index (Phi) is 4.07. The Morgan fingerprint density at radius 2 is 1.82 bits per heavy atom. The molecule has 5 nitrogen and oxygen atoms in total. The van der Waals surface area contributed by atoms with Gasteiger partial charge in [-0.05, 0) is 24.9 Å². The lowest BCUT2D eigenvalue weighted by Crippen LogP contribution is -2.49. The highest BCUT2D eigenvalue weighted by atomic mass is 32.2. The number of hydrogen-bond donors (Lipinski definition) is 1. The number of sulfonamides is 1. The predicted octanol–water partition coefficient (Wildman–Crippen LogP) is -0.581. The fraction of sp³-hybridized carbons (Fsp3) is 1.00. The summed E-state index contributed by atoms with van der Waals surface area (Å²) in [6, 6.07) is 0.